The summed E-state index contributed by atoms with van der Waals surface area (Å²) in [6, 6.07) is 5.75. The van der Waals surface area contributed by atoms with Gasteiger partial charge in [0, 0.05) is 30.0 Å². The van der Waals surface area contributed by atoms with E-state index in [0.717, 1.165) is 16.9 Å². The molecule has 3 rings (SSSR count). The van der Waals surface area contributed by atoms with Crippen molar-refractivity contribution in [2.45, 2.75) is 6.92 Å². The standard InChI is InChI=1S/C20H19N3O4/c1-14-12-15(22-11-9-21-13-22)7-8-17(14)23-10-5-4-6-16(19(24)26-2)18(23)20(25)27-3/h4-13H,1-3H3. The highest BCUT2D eigenvalue weighted by Crippen LogP contribution is 2.30. The molecule has 0 atom stereocenters. The number of ether oxygens (including phenoxy) is 2. The van der Waals surface area contributed by atoms with E-state index in [2.05, 4.69) is 4.98 Å². The molecule has 7 heteroatoms. The number of anilines is 1. The van der Waals surface area contributed by atoms with Gasteiger partial charge in [-0.15, -0.1) is 0 Å². The summed E-state index contributed by atoms with van der Waals surface area (Å²) in [4.78, 5) is 30.4. The largest absolute Gasteiger partial charge is 0.465 e. The van der Waals surface area contributed by atoms with Gasteiger partial charge < -0.3 is 18.9 Å². The van der Waals surface area contributed by atoms with Crippen LogP contribution in [0, 0.1) is 6.92 Å². The molecule has 0 saturated carbocycles. The number of hydrogen-bond acceptors (Lipinski definition) is 6. The van der Waals surface area contributed by atoms with Crippen molar-refractivity contribution in [3.63, 3.8) is 0 Å². The second kappa shape index (κ2) is 7.74. The number of imidazole rings is 1. The van der Waals surface area contributed by atoms with E-state index in [1.54, 1.807) is 35.8 Å². The Bertz CT molecular complexity index is 956. The molecular weight excluding hydrogens is 346 g/mol. The number of methoxy groups -OCH3 is 2. The summed E-state index contributed by atoms with van der Waals surface area (Å²) < 4.78 is 11.6. The van der Waals surface area contributed by atoms with Gasteiger partial charge in [-0.05, 0) is 42.8 Å². The van der Waals surface area contributed by atoms with Crippen molar-refractivity contribution in [1.29, 1.82) is 0 Å². The maximum atomic E-state index is 12.5. The minimum atomic E-state index is -0.635. The van der Waals surface area contributed by atoms with Crippen LogP contribution in [-0.2, 0) is 19.1 Å². The molecule has 1 aliphatic heterocycles. The SMILES string of the molecule is COC(=O)C1=C(C(=O)OC)N(c2ccc(-n3ccnc3)cc2C)C=CC=C1. The molecule has 0 aliphatic carbocycles. The Morgan fingerprint density at radius 1 is 1.07 bits per heavy atom. The lowest BCUT2D eigenvalue weighted by Crippen LogP contribution is -2.27. The van der Waals surface area contributed by atoms with Crippen molar-refractivity contribution in [3.8, 4) is 5.69 Å². The van der Waals surface area contributed by atoms with E-state index in [1.807, 2.05) is 35.9 Å². The fourth-order valence-electron chi connectivity index (χ4n) is 2.83. The number of carbonyl (C=O) groups excluding carboxylic acids is 2. The number of esters is 2. The number of allylic oxidation sites excluding steroid dienone is 2. The lowest BCUT2D eigenvalue weighted by molar-refractivity contribution is -0.139. The van der Waals surface area contributed by atoms with Gasteiger partial charge in [0.05, 0.1) is 26.1 Å². The number of carbonyl (C=O) groups is 2. The molecule has 0 fully saturated rings. The Hall–Kier alpha value is -3.61. The van der Waals surface area contributed by atoms with Gasteiger partial charge in [-0.1, -0.05) is 6.08 Å². The van der Waals surface area contributed by atoms with Crippen molar-refractivity contribution >= 4 is 17.6 Å². The van der Waals surface area contributed by atoms with Crippen LogP contribution in [0.25, 0.3) is 5.69 Å². The second-order valence-electron chi connectivity index (χ2n) is 5.76. The molecule has 2 heterocycles. The summed E-state index contributed by atoms with van der Waals surface area (Å²) >= 11 is 0. The maximum Gasteiger partial charge on any atom is 0.355 e. The molecule has 138 valence electrons. The molecular formula is C20H19N3O4. The Kier molecular flexibility index (Phi) is 5.21. The van der Waals surface area contributed by atoms with Crippen LogP contribution in [-0.4, -0.2) is 35.7 Å². The summed E-state index contributed by atoms with van der Waals surface area (Å²) in [5.41, 5.74) is 2.78. The first-order valence-corrected chi connectivity index (χ1v) is 8.20. The van der Waals surface area contributed by atoms with Gasteiger partial charge in [-0.25, -0.2) is 14.6 Å². The Morgan fingerprint density at radius 3 is 2.48 bits per heavy atom. The quantitative estimate of drug-likeness (QED) is 0.776. The molecule has 0 bridgehead atoms. The second-order valence-corrected chi connectivity index (χ2v) is 5.76. The lowest BCUT2D eigenvalue weighted by atomic mass is 10.1. The Labute approximate surface area is 156 Å². The lowest BCUT2D eigenvalue weighted by Gasteiger charge is -2.25. The van der Waals surface area contributed by atoms with E-state index < -0.39 is 11.9 Å². The predicted octanol–water partition coefficient (Wildman–Crippen LogP) is 2.67. The first kappa shape index (κ1) is 18.2. The fourth-order valence-corrected chi connectivity index (χ4v) is 2.83. The third-order valence-electron chi connectivity index (χ3n) is 4.13. The highest BCUT2D eigenvalue weighted by Gasteiger charge is 2.28. The summed E-state index contributed by atoms with van der Waals surface area (Å²) in [6.07, 6.45) is 11.9. The molecule has 1 aromatic carbocycles. The normalized spacial score (nSPS) is 13.5. The molecule has 0 amide bonds. The molecule has 1 aliphatic rings. The number of nitrogens with zero attached hydrogens (tertiary/aromatic N) is 3. The van der Waals surface area contributed by atoms with Gasteiger partial charge in [0.15, 0.2) is 0 Å². The Balaban J connectivity index is 2.13. The third kappa shape index (κ3) is 3.52. The van der Waals surface area contributed by atoms with E-state index in [-0.39, 0.29) is 11.3 Å². The number of benzene rings is 1. The van der Waals surface area contributed by atoms with E-state index in [0.29, 0.717) is 0 Å². The number of hydrogen-bond donors (Lipinski definition) is 0. The predicted molar refractivity (Wildman–Crippen MR) is 100 cm³/mol. The van der Waals surface area contributed by atoms with Gasteiger partial charge >= 0.3 is 11.9 Å². The van der Waals surface area contributed by atoms with Crippen LogP contribution in [0.3, 0.4) is 0 Å². The summed E-state index contributed by atoms with van der Waals surface area (Å²) in [5.74, 6) is -1.25. The van der Waals surface area contributed by atoms with E-state index >= 15 is 0 Å². The zero-order valence-electron chi connectivity index (χ0n) is 15.2. The average Bonchev–Trinajstić information content (AvgIpc) is 3.13. The molecule has 0 unspecified atom stereocenters. The van der Waals surface area contributed by atoms with E-state index in [9.17, 15) is 9.59 Å². The average molecular weight is 365 g/mol. The van der Waals surface area contributed by atoms with E-state index in [1.165, 1.54) is 20.3 Å². The van der Waals surface area contributed by atoms with Crippen LogP contribution in [0.2, 0.25) is 0 Å². The molecule has 27 heavy (non-hydrogen) atoms. The third-order valence-corrected chi connectivity index (χ3v) is 4.13. The number of aryl methyl sites for hydroxylation is 1. The summed E-state index contributed by atoms with van der Waals surface area (Å²) in [5, 5.41) is 0. The maximum absolute atomic E-state index is 12.5. The van der Waals surface area contributed by atoms with E-state index in [4.69, 9.17) is 9.47 Å². The minimum Gasteiger partial charge on any atom is -0.465 e. The van der Waals surface area contributed by atoms with Crippen LogP contribution in [0.1, 0.15) is 5.56 Å². The zero-order chi connectivity index (χ0) is 19.4. The van der Waals surface area contributed by atoms with Gasteiger partial charge in [0.1, 0.15) is 5.70 Å². The smallest absolute Gasteiger partial charge is 0.355 e. The molecule has 0 spiro atoms. The topological polar surface area (TPSA) is 73.7 Å². The fraction of sp³-hybridized carbons (Fsp3) is 0.150. The summed E-state index contributed by atoms with van der Waals surface area (Å²) in [7, 11) is 2.54. The molecule has 0 radical (unpaired) electrons. The van der Waals surface area contributed by atoms with Crippen LogP contribution in [0.5, 0.6) is 0 Å². The highest BCUT2D eigenvalue weighted by molar-refractivity contribution is 6.05. The molecule has 2 aromatic rings. The monoisotopic (exact) mass is 365 g/mol. The number of rotatable bonds is 4. The van der Waals surface area contributed by atoms with Crippen LogP contribution in [0.15, 0.2) is 72.6 Å². The van der Waals surface area contributed by atoms with Crippen LogP contribution < -0.4 is 4.90 Å². The first-order chi connectivity index (χ1) is 13.1. The molecule has 0 saturated heterocycles. The first-order valence-electron chi connectivity index (χ1n) is 8.20. The molecule has 1 aromatic heterocycles. The Morgan fingerprint density at radius 2 is 1.85 bits per heavy atom. The molecule has 7 nitrogen and oxygen atoms in total. The van der Waals surface area contributed by atoms with Crippen molar-refractivity contribution in [2.75, 3.05) is 19.1 Å². The van der Waals surface area contributed by atoms with Crippen molar-refractivity contribution in [3.05, 3.63) is 78.2 Å². The van der Waals surface area contributed by atoms with Gasteiger partial charge in [-0.3, -0.25) is 0 Å². The zero-order valence-corrected chi connectivity index (χ0v) is 15.2. The summed E-state index contributed by atoms with van der Waals surface area (Å²) in [6.45, 7) is 1.93. The van der Waals surface area contributed by atoms with Crippen molar-refractivity contribution < 1.29 is 19.1 Å². The highest BCUT2D eigenvalue weighted by atomic mass is 16.5. The van der Waals surface area contributed by atoms with Gasteiger partial charge in [-0.2, -0.15) is 0 Å². The van der Waals surface area contributed by atoms with Gasteiger partial charge in [0.2, 0.25) is 0 Å². The molecule has 0 N–H and O–H groups in total. The van der Waals surface area contributed by atoms with Crippen LogP contribution in [0.4, 0.5) is 5.69 Å². The minimum absolute atomic E-state index is 0.0906. The number of aromatic nitrogens is 2. The van der Waals surface area contributed by atoms with Crippen molar-refractivity contribution in [1.82, 2.24) is 9.55 Å². The van der Waals surface area contributed by atoms with Gasteiger partial charge in [0.25, 0.3) is 0 Å². The van der Waals surface area contributed by atoms with Crippen LogP contribution >= 0.6 is 0 Å². The van der Waals surface area contributed by atoms with Crippen molar-refractivity contribution in [2.24, 2.45) is 0 Å².